The summed E-state index contributed by atoms with van der Waals surface area (Å²) < 4.78 is 53.8. The molecular formula is C35H54N2O24. The van der Waals surface area contributed by atoms with Gasteiger partial charge in [0.25, 0.3) is 5.69 Å². The van der Waals surface area contributed by atoms with Gasteiger partial charge in [-0.05, 0) is 18.6 Å². The van der Waals surface area contributed by atoms with Gasteiger partial charge >= 0.3 is 5.97 Å². The van der Waals surface area contributed by atoms with Crippen LogP contribution in [-0.2, 0) is 52.2 Å². The summed E-state index contributed by atoms with van der Waals surface area (Å²) >= 11 is 0. The van der Waals surface area contributed by atoms with Crippen LogP contribution in [0.1, 0.15) is 6.42 Å². The smallest absolute Gasteiger partial charge is 0.337 e. The Morgan fingerprint density at radius 1 is 0.623 bits per heavy atom. The monoisotopic (exact) mass is 886 g/mol. The minimum absolute atomic E-state index is 0.0588. The second kappa shape index (κ2) is 25.2. The van der Waals surface area contributed by atoms with Gasteiger partial charge in [0.1, 0.15) is 92.2 Å². The molecule has 3 fully saturated rings. The van der Waals surface area contributed by atoms with Crippen molar-refractivity contribution in [2.45, 2.75) is 98.5 Å². The van der Waals surface area contributed by atoms with Crippen LogP contribution in [0, 0.1) is 10.1 Å². The Hall–Kier alpha value is -3.20. The van der Waals surface area contributed by atoms with Crippen molar-refractivity contribution in [2.75, 3.05) is 72.6 Å². The van der Waals surface area contributed by atoms with Gasteiger partial charge in [0.05, 0.1) is 57.8 Å². The third kappa shape index (κ3) is 14.4. The Labute approximate surface area is 347 Å². The highest BCUT2D eigenvalue weighted by atomic mass is 16.8. The Balaban J connectivity index is 1.08. The number of hydrogen-bond donors (Lipinski definition) is 11. The van der Waals surface area contributed by atoms with Crippen molar-refractivity contribution in [3.05, 3.63) is 34.4 Å². The lowest BCUT2D eigenvalue weighted by Crippen LogP contribution is -2.66. The van der Waals surface area contributed by atoms with E-state index in [1.807, 2.05) is 0 Å². The summed E-state index contributed by atoms with van der Waals surface area (Å²) in [6, 6.07) is 4.96. The van der Waals surface area contributed by atoms with E-state index in [9.17, 15) is 70.8 Å². The minimum Gasteiger partial charge on any atom is -0.425 e. The second-order valence-corrected chi connectivity index (χ2v) is 13.8. The number of aliphatic hydroxyl groups excluding tert-OH is 10. The van der Waals surface area contributed by atoms with Crippen LogP contribution in [0.15, 0.2) is 24.3 Å². The molecule has 26 heteroatoms. The average Bonchev–Trinajstić information content (AvgIpc) is 3.24. The number of benzene rings is 1. The van der Waals surface area contributed by atoms with Crippen molar-refractivity contribution in [2.24, 2.45) is 0 Å². The number of carbonyl (C=O) groups excluding carboxylic acids is 2. The third-order valence-electron chi connectivity index (χ3n) is 9.47. The Morgan fingerprint density at radius 3 is 1.67 bits per heavy atom. The normalized spacial score (nSPS) is 34.2. The molecule has 3 heterocycles. The molecule has 0 aromatic heterocycles. The topological polar surface area (TPSA) is 384 Å². The number of nitrogens with zero attached hydrogens (tertiary/aromatic N) is 1. The van der Waals surface area contributed by atoms with Gasteiger partial charge in [-0.2, -0.15) is 0 Å². The van der Waals surface area contributed by atoms with Gasteiger partial charge in [0.2, 0.25) is 5.91 Å². The summed E-state index contributed by atoms with van der Waals surface area (Å²) in [6.07, 6.45) is -25.1. The first-order valence-electron chi connectivity index (χ1n) is 19.1. The first kappa shape index (κ1) is 50.4. The molecule has 0 aliphatic carbocycles. The van der Waals surface area contributed by atoms with Crippen LogP contribution in [-0.4, -0.2) is 233 Å². The van der Waals surface area contributed by atoms with Crippen LogP contribution < -0.4 is 10.1 Å². The fourth-order valence-corrected chi connectivity index (χ4v) is 6.19. The van der Waals surface area contributed by atoms with Gasteiger partial charge in [-0.3, -0.25) is 14.9 Å². The lowest BCUT2D eigenvalue weighted by molar-refractivity contribution is -0.384. The zero-order chi connectivity index (χ0) is 44.6. The first-order chi connectivity index (χ1) is 29.2. The van der Waals surface area contributed by atoms with E-state index in [-0.39, 0.29) is 70.7 Å². The van der Waals surface area contributed by atoms with E-state index in [1.165, 1.54) is 24.3 Å². The fourth-order valence-electron chi connectivity index (χ4n) is 6.19. The highest BCUT2D eigenvalue weighted by Gasteiger charge is 2.53. The average molecular weight is 887 g/mol. The molecule has 61 heavy (non-hydrogen) atoms. The molecule has 0 radical (unpaired) electrons. The number of ether oxygens (including phenoxy) is 10. The van der Waals surface area contributed by atoms with Gasteiger partial charge in [-0.25, -0.2) is 4.79 Å². The number of rotatable bonds is 24. The molecule has 1 aromatic rings. The molecule has 1 aromatic carbocycles. The summed E-state index contributed by atoms with van der Waals surface area (Å²) in [7, 11) is 0. The number of hydrogen-bond acceptors (Lipinski definition) is 24. The number of non-ortho nitro benzene ring substituents is 1. The van der Waals surface area contributed by atoms with Crippen molar-refractivity contribution in [1.82, 2.24) is 5.32 Å². The quantitative estimate of drug-likeness (QED) is 0.0151. The largest absolute Gasteiger partial charge is 0.425 e. The van der Waals surface area contributed by atoms with E-state index in [4.69, 9.17) is 47.4 Å². The number of carbonyl (C=O) groups is 2. The third-order valence-corrected chi connectivity index (χ3v) is 9.47. The predicted molar refractivity (Wildman–Crippen MR) is 194 cm³/mol. The van der Waals surface area contributed by atoms with E-state index >= 15 is 0 Å². The minimum atomic E-state index is -1.97. The summed E-state index contributed by atoms with van der Waals surface area (Å²) in [4.78, 5) is 34.0. The molecule has 15 atom stereocenters. The number of amides is 1. The number of nitro benzene ring substituents is 1. The summed E-state index contributed by atoms with van der Waals surface area (Å²) in [5, 5.41) is 116. The van der Waals surface area contributed by atoms with Crippen LogP contribution in [0.2, 0.25) is 0 Å². The van der Waals surface area contributed by atoms with Crippen molar-refractivity contribution < 1.29 is 113 Å². The molecule has 11 N–H and O–H groups in total. The Morgan fingerprint density at radius 2 is 1.11 bits per heavy atom. The highest BCUT2D eigenvalue weighted by molar-refractivity contribution is 5.77. The molecule has 4 rings (SSSR count). The SMILES string of the molecule is O=C(COCCOCCOCC(=O)Oc1ccc([N+](=O)[O-])cc1)NCCCO[C@@H]1O[C@H](CO)[C@@H](O[C@@H]2O[C@H](CO)[C@H](O[C@H]3O[C@H](CO)[C@H](O)[C@H](O)[C@H]3O)[C@H](O)[C@H]2O)[C@H](O)[C@H]1O. The molecular weight excluding hydrogens is 832 g/mol. The predicted octanol–water partition coefficient (Wildman–Crippen LogP) is -6.48. The molecule has 1 amide bonds. The van der Waals surface area contributed by atoms with Crippen molar-refractivity contribution in [3.63, 3.8) is 0 Å². The molecule has 3 saturated heterocycles. The fraction of sp³-hybridized carbons (Fsp3) is 0.771. The zero-order valence-electron chi connectivity index (χ0n) is 32.6. The van der Waals surface area contributed by atoms with Gasteiger partial charge in [0, 0.05) is 18.7 Å². The molecule has 348 valence electrons. The van der Waals surface area contributed by atoms with Gasteiger partial charge < -0.3 is 104 Å². The standard InChI is InChI=1S/C35H54N2O24/c38-12-19-24(43)25(44)28(47)34(57-19)60-32-21(14-40)59-35(30(49)27(32)46)61-31-20(13-39)58-33(29(48)26(31)45)55-7-1-6-36-22(41)15-53-10-8-52-9-11-54-16-23(42)56-18-4-2-17(3-5-18)37(50)51/h2-5,19-21,24-35,38-40,43-49H,1,6-16H2,(H,36,41)/t19-,20-,21-,24+,25+,26-,27-,28-,29-,30-,31-,32+,33-,34-,35+/m1/s1. The van der Waals surface area contributed by atoms with E-state index in [2.05, 4.69) is 5.32 Å². The van der Waals surface area contributed by atoms with Gasteiger partial charge in [0.15, 0.2) is 18.9 Å². The van der Waals surface area contributed by atoms with Crippen LogP contribution >= 0.6 is 0 Å². The number of nitrogens with one attached hydrogen (secondary N) is 1. The van der Waals surface area contributed by atoms with E-state index in [0.29, 0.717) is 0 Å². The van der Waals surface area contributed by atoms with Crippen LogP contribution in [0.25, 0.3) is 0 Å². The van der Waals surface area contributed by atoms with E-state index in [1.54, 1.807) is 0 Å². The molecule has 0 bridgehead atoms. The summed E-state index contributed by atoms with van der Waals surface area (Å²) in [6.45, 7) is -2.68. The molecule has 3 aliphatic heterocycles. The lowest BCUT2D eigenvalue weighted by Gasteiger charge is -2.48. The molecule has 0 spiro atoms. The molecule has 3 aliphatic rings. The Bertz CT molecular complexity index is 1470. The van der Waals surface area contributed by atoms with Crippen LogP contribution in [0.4, 0.5) is 5.69 Å². The maximum atomic E-state index is 12.1. The highest BCUT2D eigenvalue weighted by Crippen LogP contribution is 2.32. The number of esters is 1. The van der Waals surface area contributed by atoms with Crippen LogP contribution in [0.5, 0.6) is 5.75 Å². The van der Waals surface area contributed by atoms with Crippen molar-refractivity contribution in [3.8, 4) is 5.75 Å². The molecule has 26 nitrogen and oxygen atoms in total. The van der Waals surface area contributed by atoms with Gasteiger partial charge in [-0.1, -0.05) is 0 Å². The van der Waals surface area contributed by atoms with Crippen molar-refractivity contribution in [1.29, 1.82) is 0 Å². The maximum absolute atomic E-state index is 12.1. The molecule has 0 saturated carbocycles. The van der Waals surface area contributed by atoms with E-state index < -0.39 is 129 Å². The number of aliphatic hydroxyl groups is 10. The zero-order valence-corrected chi connectivity index (χ0v) is 32.6. The first-order valence-corrected chi connectivity index (χ1v) is 19.1. The van der Waals surface area contributed by atoms with E-state index in [0.717, 1.165) is 0 Å². The molecule has 0 unspecified atom stereocenters. The second-order valence-electron chi connectivity index (χ2n) is 13.8. The number of nitro groups is 1. The Kier molecular flexibility index (Phi) is 20.8. The lowest BCUT2D eigenvalue weighted by atomic mass is 9.96. The van der Waals surface area contributed by atoms with Crippen LogP contribution in [0.3, 0.4) is 0 Å². The van der Waals surface area contributed by atoms with Crippen molar-refractivity contribution >= 4 is 17.6 Å². The van der Waals surface area contributed by atoms with Gasteiger partial charge in [-0.15, -0.1) is 0 Å². The maximum Gasteiger partial charge on any atom is 0.337 e. The summed E-state index contributed by atoms with van der Waals surface area (Å²) in [5.41, 5.74) is -0.146. The summed E-state index contributed by atoms with van der Waals surface area (Å²) in [5.74, 6) is -1.03.